The van der Waals surface area contributed by atoms with Gasteiger partial charge in [0.25, 0.3) is 5.91 Å². The maximum Gasteiger partial charge on any atom is 0.260 e. The summed E-state index contributed by atoms with van der Waals surface area (Å²) >= 11 is 0. The van der Waals surface area contributed by atoms with Crippen molar-refractivity contribution >= 4 is 28.7 Å². The van der Waals surface area contributed by atoms with Gasteiger partial charge in [0, 0.05) is 24.2 Å². The molecule has 146 valence electrons. The summed E-state index contributed by atoms with van der Waals surface area (Å²) in [5, 5.41) is 20.6. The molecule has 9 heteroatoms. The number of rotatable bonds is 5. The molecule has 9 nitrogen and oxygen atoms in total. The number of carbonyl (C=O) groups is 1. The zero-order chi connectivity index (χ0) is 19.5. The van der Waals surface area contributed by atoms with E-state index in [9.17, 15) is 9.90 Å². The molecule has 1 aromatic carbocycles. The molecule has 0 aliphatic heterocycles. The Morgan fingerprint density at radius 2 is 2.07 bits per heavy atom. The molecule has 1 aliphatic rings. The van der Waals surface area contributed by atoms with Crippen LogP contribution >= 0.6 is 0 Å². The number of aromatic nitrogens is 5. The summed E-state index contributed by atoms with van der Waals surface area (Å²) in [6, 6.07) is 5.64. The van der Waals surface area contributed by atoms with Crippen molar-refractivity contribution < 1.29 is 9.90 Å². The molecule has 3 N–H and O–H groups in total. The van der Waals surface area contributed by atoms with Crippen molar-refractivity contribution in [1.82, 2.24) is 24.7 Å². The molecule has 2 aromatic heterocycles. The molecular formula is C19H23N7O2. The predicted octanol–water partition coefficient (Wildman–Crippen LogP) is 2.21. The molecule has 1 fully saturated rings. The van der Waals surface area contributed by atoms with Gasteiger partial charge in [-0.1, -0.05) is 12.1 Å². The lowest BCUT2D eigenvalue weighted by Crippen LogP contribution is -2.29. The number of aliphatic hydroxyl groups excluding tert-OH is 1. The number of amides is 1. The molecule has 0 spiro atoms. The summed E-state index contributed by atoms with van der Waals surface area (Å²) < 4.78 is 1.61. The molecule has 4 rings (SSSR count). The van der Waals surface area contributed by atoms with Crippen LogP contribution in [0.15, 0.2) is 30.7 Å². The number of fused-ring (bicyclic) bond motifs is 1. The van der Waals surface area contributed by atoms with Crippen LogP contribution < -0.4 is 10.6 Å². The summed E-state index contributed by atoms with van der Waals surface area (Å²) in [5.74, 6) is 0.599. The van der Waals surface area contributed by atoms with Crippen molar-refractivity contribution in [2.45, 2.75) is 51.3 Å². The molecule has 0 unspecified atom stereocenters. The minimum Gasteiger partial charge on any atom is -0.393 e. The van der Waals surface area contributed by atoms with E-state index in [0.29, 0.717) is 29.5 Å². The number of carbonyl (C=O) groups excluding carboxylic acids is 1. The van der Waals surface area contributed by atoms with E-state index in [-0.39, 0.29) is 18.1 Å². The highest BCUT2D eigenvalue weighted by atomic mass is 16.3. The molecular weight excluding hydrogens is 358 g/mol. The molecule has 2 heterocycles. The first-order valence-corrected chi connectivity index (χ1v) is 9.53. The van der Waals surface area contributed by atoms with Crippen LogP contribution in [0, 0.1) is 0 Å². The van der Waals surface area contributed by atoms with Crippen LogP contribution in [-0.4, -0.2) is 47.9 Å². The van der Waals surface area contributed by atoms with Crippen molar-refractivity contribution in [1.29, 1.82) is 0 Å². The van der Waals surface area contributed by atoms with Crippen LogP contribution in [0.4, 0.5) is 11.9 Å². The Labute approximate surface area is 162 Å². The molecule has 0 bridgehead atoms. The highest BCUT2D eigenvalue weighted by Crippen LogP contribution is 2.23. The van der Waals surface area contributed by atoms with Crippen molar-refractivity contribution in [2.75, 3.05) is 10.6 Å². The lowest BCUT2D eigenvalue weighted by Gasteiger charge is -2.26. The van der Waals surface area contributed by atoms with Gasteiger partial charge in [-0.15, -0.1) is 0 Å². The standard InChI is InChI=1S/C19H23N7O2/c1-2-26-19(21-11-22-26)25-17(28)15-5-3-4-12-10-20-18(24-16(12)15)23-13-6-8-14(27)9-7-13/h3-5,10-11,13-14,27H,2,6-9H2,1H3,(H,20,23,24)(H,21,22,25,28)/t13-,14-. The van der Waals surface area contributed by atoms with Gasteiger partial charge in [-0.2, -0.15) is 10.1 Å². The third-order valence-corrected chi connectivity index (χ3v) is 5.03. The van der Waals surface area contributed by atoms with E-state index in [1.807, 2.05) is 13.0 Å². The lowest BCUT2D eigenvalue weighted by molar-refractivity contribution is 0.102. The number of aryl methyl sites for hydroxylation is 1. The number of nitrogens with one attached hydrogen (secondary N) is 2. The Morgan fingerprint density at radius 3 is 2.86 bits per heavy atom. The van der Waals surface area contributed by atoms with Crippen LogP contribution in [0.1, 0.15) is 43.0 Å². The van der Waals surface area contributed by atoms with Gasteiger partial charge in [0.2, 0.25) is 11.9 Å². The minimum absolute atomic E-state index is 0.212. The highest BCUT2D eigenvalue weighted by molar-refractivity contribution is 6.11. The normalized spacial score (nSPS) is 19.5. The smallest absolute Gasteiger partial charge is 0.260 e. The Balaban J connectivity index is 1.58. The number of anilines is 2. The van der Waals surface area contributed by atoms with E-state index in [1.54, 1.807) is 23.0 Å². The second-order valence-corrected chi connectivity index (χ2v) is 6.94. The molecule has 3 aromatic rings. The summed E-state index contributed by atoms with van der Waals surface area (Å²) in [4.78, 5) is 25.9. The van der Waals surface area contributed by atoms with E-state index >= 15 is 0 Å². The van der Waals surface area contributed by atoms with Crippen LogP contribution in [-0.2, 0) is 6.54 Å². The Bertz CT molecular complexity index is 979. The fourth-order valence-electron chi connectivity index (χ4n) is 3.47. The van der Waals surface area contributed by atoms with Crippen LogP contribution in [0.5, 0.6) is 0 Å². The molecule has 28 heavy (non-hydrogen) atoms. The fourth-order valence-corrected chi connectivity index (χ4v) is 3.47. The van der Waals surface area contributed by atoms with Crippen LogP contribution in [0.3, 0.4) is 0 Å². The van der Waals surface area contributed by atoms with Gasteiger partial charge in [-0.3, -0.25) is 10.1 Å². The van der Waals surface area contributed by atoms with Gasteiger partial charge in [0.05, 0.1) is 17.2 Å². The molecule has 1 aliphatic carbocycles. The minimum atomic E-state index is -0.293. The van der Waals surface area contributed by atoms with E-state index < -0.39 is 0 Å². The molecule has 1 saturated carbocycles. The van der Waals surface area contributed by atoms with Gasteiger partial charge >= 0.3 is 0 Å². The van der Waals surface area contributed by atoms with Gasteiger partial charge in [-0.05, 0) is 38.7 Å². The molecule has 0 radical (unpaired) electrons. The third kappa shape index (κ3) is 3.79. The van der Waals surface area contributed by atoms with Crippen molar-refractivity contribution in [3.05, 3.63) is 36.3 Å². The van der Waals surface area contributed by atoms with Crippen molar-refractivity contribution in [3.8, 4) is 0 Å². The third-order valence-electron chi connectivity index (χ3n) is 5.03. The SMILES string of the molecule is CCn1ncnc1NC(=O)c1cccc2cnc(N[C@H]3CC[C@H](O)CC3)nc12. The fraction of sp³-hybridized carbons (Fsp3) is 0.421. The summed E-state index contributed by atoms with van der Waals surface area (Å²) in [6.45, 7) is 2.54. The first kappa shape index (κ1) is 18.3. The topological polar surface area (TPSA) is 118 Å². The molecule has 0 saturated heterocycles. The van der Waals surface area contributed by atoms with Gasteiger partial charge < -0.3 is 10.4 Å². The number of aliphatic hydroxyl groups is 1. The summed E-state index contributed by atoms with van der Waals surface area (Å²) in [6.07, 6.45) is 6.21. The van der Waals surface area contributed by atoms with E-state index in [0.717, 1.165) is 31.1 Å². The van der Waals surface area contributed by atoms with Crippen molar-refractivity contribution in [3.63, 3.8) is 0 Å². The Kier molecular flexibility index (Phi) is 5.16. The zero-order valence-electron chi connectivity index (χ0n) is 15.7. The Morgan fingerprint density at radius 1 is 1.25 bits per heavy atom. The molecule has 1 amide bonds. The first-order chi connectivity index (χ1) is 13.6. The summed E-state index contributed by atoms with van der Waals surface area (Å²) in [7, 11) is 0. The number of para-hydroxylation sites is 1. The second-order valence-electron chi connectivity index (χ2n) is 6.94. The summed E-state index contributed by atoms with van der Waals surface area (Å²) in [5.41, 5.74) is 1.03. The monoisotopic (exact) mass is 381 g/mol. The molecule has 0 atom stereocenters. The van der Waals surface area contributed by atoms with Crippen LogP contribution in [0.2, 0.25) is 0 Å². The van der Waals surface area contributed by atoms with Crippen molar-refractivity contribution in [2.24, 2.45) is 0 Å². The largest absolute Gasteiger partial charge is 0.393 e. The van der Waals surface area contributed by atoms with Gasteiger partial charge in [0.1, 0.15) is 6.33 Å². The predicted molar refractivity (Wildman–Crippen MR) is 105 cm³/mol. The van der Waals surface area contributed by atoms with E-state index in [2.05, 4.69) is 30.7 Å². The second kappa shape index (κ2) is 7.89. The average Bonchev–Trinajstić information content (AvgIpc) is 3.16. The number of hydrogen-bond donors (Lipinski definition) is 3. The first-order valence-electron chi connectivity index (χ1n) is 9.53. The average molecular weight is 381 g/mol. The maximum absolute atomic E-state index is 12.8. The van der Waals surface area contributed by atoms with E-state index in [4.69, 9.17) is 0 Å². The number of benzene rings is 1. The van der Waals surface area contributed by atoms with Gasteiger partial charge in [-0.25, -0.2) is 14.6 Å². The zero-order valence-corrected chi connectivity index (χ0v) is 15.7. The Hall–Kier alpha value is -3.07. The highest BCUT2D eigenvalue weighted by Gasteiger charge is 2.20. The quantitative estimate of drug-likeness (QED) is 0.620. The number of hydrogen-bond acceptors (Lipinski definition) is 7. The number of nitrogens with zero attached hydrogens (tertiary/aromatic N) is 5. The lowest BCUT2D eigenvalue weighted by atomic mass is 9.93. The van der Waals surface area contributed by atoms with Gasteiger partial charge in [0.15, 0.2) is 0 Å². The van der Waals surface area contributed by atoms with E-state index in [1.165, 1.54) is 6.33 Å². The maximum atomic E-state index is 12.8. The van der Waals surface area contributed by atoms with Crippen LogP contribution in [0.25, 0.3) is 10.9 Å².